The van der Waals surface area contributed by atoms with Gasteiger partial charge in [0.2, 0.25) is 0 Å². The SMILES string of the molecule is Cc1c(-n2ccc3c(-c4ccccc4)cccc32)nc2ccc(F)cc2c1C(=O)[O-]. The molecule has 30 heavy (non-hydrogen) atoms. The lowest BCUT2D eigenvalue weighted by molar-refractivity contribution is -0.254. The van der Waals surface area contributed by atoms with Crippen molar-refractivity contribution in [2.45, 2.75) is 6.92 Å². The lowest BCUT2D eigenvalue weighted by atomic mass is 10.0. The smallest absolute Gasteiger partial charge is 0.141 e. The van der Waals surface area contributed by atoms with E-state index < -0.39 is 11.8 Å². The number of carboxylic acids is 1. The molecule has 2 heterocycles. The Labute approximate surface area is 171 Å². The van der Waals surface area contributed by atoms with E-state index in [-0.39, 0.29) is 10.9 Å². The predicted molar refractivity (Wildman–Crippen MR) is 113 cm³/mol. The van der Waals surface area contributed by atoms with E-state index in [9.17, 15) is 14.3 Å². The van der Waals surface area contributed by atoms with Gasteiger partial charge in [0.15, 0.2) is 0 Å². The third-order valence-corrected chi connectivity index (χ3v) is 5.41. The first-order chi connectivity index (χ1) is 14.5. The van der Waals surface area contributed by atoms with Gasteiger partial charge in [-0.25, -0.2) is 9.37 Å². The fraction of sp³-hybridized carbons (Fsp3) is 0.0400. The summed E-state index contributed by atoms with van der Waals surface area (Å²) < 4.78 is 15.6. The van der Waals surface area contributed by atoms with Crippen LogP contribution in [0.1, 0.15) is 15.9 Å². The van der Waals surface area contributed by atoms with Gasteiger partial charge in [0.1, 0.15) is 11.6 Å². The van der Waals surface area contributed by atoms with Crippen molar-refractivity contribution >= 4 is 27.8 Å². The number of carboxylic acid groups (broad SMARTS) is 1. The molecule has 0 saturated heterocycles. The molecule has 5 aromatic rings. The van der Waals surface area contributed by atoms with Crippen LogP contribution in [-0.4, -0.2) is 15.5 Å². The van der Waals surface area contributed by atoms with Crippen LogP contribution in [0.15, 0.2) is 79.0 Å². The van der Waals surface area contributed by atoms with Crippen LogP contribution in [0.5, 0.6) is 0 Å². The Morgan fingerprint density at radius 2 is 1.77 bits per heavy atom. The maximum Gasteiger partial charge on any atom is 0.141 e. The Hall–Kier alpha value is -3.99. The number of benzene rings is 3. The molecule has 3 aromatic carbocycles. The summed E-state index contributed by atoms with van der Waals surface area (Å²) in [5, 5.41) is 13.2. The minimum absolute atomic E-state index is 0.0458. The van der Waals surface area contributed by atoms with Gasteiger partial charge in [0.25, 0.3) is 0 Å². The number of fused-ring (bicyclic) bond motifs is 2. The quantitative estimate of drug-likeness (QED) is 0.447. The molecule has 0 fully saturated rings. The third kappa shape index (κ3) is 2.75. The number of pyridine rings is 1. The molecule has 5 rings (SSSR count). The first-order valence-electron chi connectivity index (χ1n) is 9.51. The van der Waals surface area contributed by atoms with Crippen molar-refractivity contribution in [1.29, 1.82) is 0 Å². The maximum absolute atomic E-state index is 13.8. The van der Waals surface area contributed by atoms with E-state index >= 15 is 0 Å². The molecule has 0 spiro atoms. The molecule has 0 aliphatic heterocycles. The minimum Gasteiger partial charge on any atom is -0.545 e. The number of aromatic nitrogens is 2. The molecule has 0 saturated carbocycles. The van der Waals surface area contributed by atoms with Crippen molar-refractivity contribution in [3.05, 3.63) is 95.9 Å². The van der Waals surface area contributed by atoms with Crippen LogP contribution < -0.4 is 5.11 Å². The van der Waals surface area contributed by atoms with Crippen molar-refractivity contribution in [2.24, 2.45) is 0 Å². The molecular weight excluding hydrogens is 379 g/mol. The van der Waals surface area contributed by atoms with Crippen LogP contribution in [0.4, 0.5) is 4.39 Å². The third-order valence-electron chi connectivity index (χ3n) is 5.41. The van der Waals surface area contributed by atoms with E-state index in [0.29, 0.717) is 16.9 Å². The molecule has 0 aliphatic rings. The van der Waals surface area contributed by atoms with Crippen LogP contribution in [0.3, 0.4) is 0 Å². The van der Waals surface area contributed by atoms with E-state index in [1.54, 1.807) is 6.92 Å². The van der Waals surface area contributed by atoms with Gasteiger partial charge < -0.3 is 14.5 Å². The number of carbonyl (C=O) groups excluding carboxylic acids is 1. The largest absolute Gasteiger partial charge is 0.545 e. The molecular formula is C25H16FN2O2-. The second kappa shape index (κ2) is 6.81. The molecule has 0 radical (unpaired) electrons. The molecule has 2 aromatic heterocycles. The fourth-order valence-electron chi connectivity index (χ4n) is 4.04. The lowest BCUT2D eigenvalue weighted by Crippen LogP contribution is -2.24. The highest BCUT2D eigenvalue weighted by atomic mass is 19.1. The first-order valence-corrected chi connectivity index (χ1v) is 9.51. The number of aromatic carboxylic acids is 1. The zero-order chi connectivity index (χ0) is 20.8. The van der Waals surface area contributed by atoms with Gasteiger partial charge in [-0.1, -0.05) is 42.5 Å². The van der Waals surface area contributed by atoms with Gasteiger partial charge in [-0.3, -0.25) is 0 Å². The monoisotopic (exact) mass is 395 g/mol. The van der Waals surface area contributed by atoms with Crippen LogP contribution in [0.2, 0.25) is 0 Å². The number of halogens is 1. The molecule has 0 amide bonds. The summed E-state index contributed by atoms with van der Waals surface area (Å²) in [6.07, 6.45) is 1.88. The van der Waals surface area contributed by atoms with Crippen molar-refractivity contribution in [3.63, 3.8) is 0 Å². The predicted octanol–water partition coefficient (Wildman–Crippen LogP) is 4.66. The second-order valence-electron chi connectivity index (χ2n) is 7.17. The average molecular weight is 395 g/mol. The topological polar surface area (TPSA) is 58.0 Å². The Balaban J connectivity index is 1.80. The highest BCUT2D eigenvalue weighted by Crippen LogP contribution is 2.33. The van der Waals surface area contributed by atoms with Gasteiger partial charge in [-0.15, -0.1) is 0 Å². The maximum atomic E-state index is 13.8. The Morgan fingerprint density at radius 1 is 0.967 bits per heavy atom. The van der Waals surface area contributed by atoms with Gasteiger partial charge >= 0.3 is 0 Å². The molecule has 0 N–H and O–H groups in total. The average Bonchev–Trinajstić information content (AvgIpc) is 3.17. The number of rotatable bonds is 3. The number of hydrogen-bond donors (Lipinski definition) is 0. The van der Waals surface area contributed by atoms with Crippen molar-refractivity contribution < 1.29 is 14.3 Å². The van der Waals surface area contributed by atoms with Crippen LogP contribution in [0, 0.1) is 12.7 Å². The molecule has 146 valence electrons. The summed E-state index contributed by atoms with van der Waals surface area (Å²) in [5.41, 5.74) is 3.85. The first kappa shape index (κ1) is 18.1. The zero-order valence-electron chi connectivity index (χ0n) is 16.1. The van der Waals surface area contributed by atoms with Gasteiger partial charge in [-0.05, 0) is 48.4 Å². The molecule has 0 aliphatic carbocycles. The summed E-state index contributed by atoms with van der Waals surface area (Å²) >= 11 is 0. The van der Waals surface area contributed by atoms with Crippen LogP contribution >= 0.6 is 0 Å². The highest BCUT2D eigenvalue weighted by Gasteiger charge is 2.17. The lowest BCUT2D eigenvalue weighted by Gasteiger charge is -2.16. The van der Waals surface area contributed by atoms with Gasteiger partial charge in [0.05, 0.1) is 17.0 Å². The summed E-state index contributed by atoms with van der Waals surface area (Å²) in [6, 6.07) is 22.0. The fourth-order valence-corrected chi connectivity index (χ4v) is 4.04. The number of carbonyl (C=O) groups is 1. The van der Waals surface area contributed by atoms with Crippen LogP contribution in [-0.2, 0) is 0 Å². The molecule has 5 heteroatoms. The standard InChI is InChI=1S/C25H17FN2O2/c1-15-23(25(29)30)20-14-17(26)10-11-21(20)27-24(15)28-13-12-19-18(8-5-9-22(19)28)16-6-3-2-4-7-16/h2-14H,1H3,(H,29,30)/p-1. The second-order valence-corrected chi connectivity index (χ2v) is 7.17. The Morgan fingerprint density at radius 3 is 2.53 bits per heavy atom. The highest BCUT2D eigenvalue weighted by molar-refractivity contribution is 6.04. The summed E-state index contributed by atoms with van der Waals surface area (Å²) in [5.74, 6) is -1.39. The van der Waals surface area contributed by atoms with E-state index in [0.717, 1.165) is 22.0 Å². The van der Waals surface area contributed by atoms with E-state index in [1.165, 1.54) is 18.2 Å². The zero-order valence-corrected chi connectivity index (χ0v) is 16.1. The summed E-state index contributed by atoms with van der Waals surface area (Å²) in [7, 11) is 0. The number of hydrogen-bond acceptors (Lipinski definition) is 3. The molecule has 4 nitrogen and oxygen atoms in total. The van der Waals surface area contributed by atoms with Crippen molar-refractivity contribution in [3.8, 4) is 16.9 Å². The summed E-state index contributed by atoms with van der Waals surface area (Å²) in [6.45, 7) is 1.67. The molecule has 0 atom stereocenters. The van der Waals surface area contributed by atoms with Crippen LogP contribution in [0.25, 0.3) is 38.8 Å². The van der Waals surface area contributed by atoms with E-state index in [1.807, 2.05) is 59.3 Å². The summed E-state index contributed by atoms with van der Waals surface area (Å²) in [4.78, 5) is 16.6. The number of nitrogens with zero attached hydrogens (tertiary/aromatic N) is 2. The Kier molecular flexibility index (Phi) is 4.10. The Bertz CT molecular complexity index is 1440. The van der Waals surface area contributed by atoms with Crippen molar-refractivity contribution in [1.82, 2.24) is 9.55 Å². The van der Waals surface area contributed by atoms with Crippen molar-refractivity contribution in [2.75, 3.05) is 0 Å². The minimum atomic E-state index is -1.35. The normalized spacial score (nSPS) is 11.3. The van der Waals surface area contributed by atoms with Gasteiger partial charge in [-0.2, -0.15) is 0 Å². The van der Waals surface area contributed by atoms with Gasteiger partial charge in [0, 0.05) is 28.1 Å². The molecule has 0 unspecified atom stereocenters. The van der Waals surface area contributed by atoms with E-state index in [2.05, 4.69) is 11.1 Å². The van der Waals surface area contributed by atoms with E-state index in [4.69, 9.17) is 0 Å². The molecule has 0 bridgehead atoms.